The van der Waals surface area contributed by atoms with Crippen LogP contribution < -0.4 is 10.1 Å². The van der Waals surface area contributed by atoms with Gasteiger partial charge in [-0.05, 0) is 29.8 Å². The molecule has 0 spiro atoms. The van der Waals surface area contributed by atoms with Crippen LogP contribution in [0.25, 0.3) is 0 Å². The summed E-state index contributed by atoms with van der Waals surface area (Å²) in [6.07, 6.45) is 0.0268. The number of hydrogen-bond acceptors (Lipinski definition) is 6. The average Bonchev–Trinajstić information content (AvgIpc) is 3.04. The second kappa shape index (κ2) is 7.01. The summed E-state index contributed by atoms with van der Waals surface area (Å²) >= 11 is 1.46. The largest absolute Gasteiger partial charge is 0.457 e. The highest BCUT2D eigenvalue weighted by molar-refractivity contribution is 7.98. The third-order valence-corrected chi connectivity index (χ3v) is 4.73. The molecule has 0 bridgehead atoms. The van der Waals surface area contributed by atoms with E-state index in [1.807, 2.05) is 54.6 Å². The van der Waals surface area contributed by atoms with E-state index in [1.54, 1.807) is 4.57 Å². The molecule has 26 heavy (non-hydrogen) atoms. The van der Waals surface area contributed by atoms with E-state index < -0.39 is 0 Å². The van der Waals surface area contributed by atoms with E-state index in [4.69, 9.17) is 10.1 Å². The van der Waals surface area contributed by atoms with Crippen molar-refractivity contribution in [3.63, 3.8) is 0 Å². The van der Waals surface area contributed by atoms with E-state index >= 15 is 0 Å². The number of thioether (sulfide) groups is 1. The van der Waals surface area contributed by atoms with Gasteiger partial charge in [0.2, 0.25) is 11.9 Å². The molecule has 0 aliphatic carbocycles. The molecule has 3 aromatic rings. The minimum absolute atomic E-state index is 0.0268. The van der Waals surface area contributed by atoms with Gasteiger partial charge in [0.15, 0.2) is 5.16 Å². The molecule has 130 valence electrons. The monoisotopic (exact) mass is 365 g/mol. The van der Waals surface area contributed by atoms with Crippen molar-refractivity contribution in [3.8, 4) is 11.5 Å². The Morgan fingerprint density at radius 3 is 2.77 bits per heavy atom. The third-order valence-electron chi connectivity index (χ3n) is 3.73. The molecule has 0 saturated heterocycles. The number of amides is 1. The van der Waals surface area contributed by atoms with Crippen molar-refractivity contribution in [1.29, 1.82) is 5.41 Å². The van der Waals surface area contributed by atoms with Gasteiger partial charge in [0.05, 0.1) is 6.42 Å². The molecule has 1 aromatic heterocycles. The van der Waals surface area contributed by atoms with Crippen molar-refractivity contribution in [2.24, 2.45) is 0 Å². The lowest BCUT2D eigenvalue weighted by Crippen LogP contribution is -2.29. The number of carbonyl (C=O) groups is 1. The summed E-state index contributed by atoms with van der Waals surface area (Å²) in [6.45, 7) is 0. The molecule has 2 heterocycles. The normalized spacial score (nSPS) is 13.2. The van der Waals surface area contributed by atoms with E-state index in [-0.39, 0.29) is 18.2 Å². The summed E-state index contributed by atoms with van der Waals surface area (Å²) < 4.78 is 7.42. The Hall–Kier alpha value is -3.13. The second-order valence-electron chi connectivity index (χ2n) is 5.66. The van der Waals surface area contributed by atoms with E-state index in [0.29, 0.717) is 16.9 Å². The fourth-order valence-corrected chi connectivity index (χ4v) is 3.46. The van der Waals surface area contributed by atoms with E-state index in [0.717, 1.165) is 17.1 Å². The van der Waals surface area contributed by atoms with Crippen molar-refractivity contribution in [1.82, 2.24) is 14.8 Å². The Labute approximate surface area is 153 Å². The van der Waals surface area contributed by atoms with Crippen LogP contribution in [0.5, 0.6) is 11.5 Å². The molecule has 1 aliphatic rings. The molecule has 2 N–H and O–H groups in total. The van der Waals surface area contributed by atoms with Crippen LogP contribution in [0.2, 0.25) is 0 Å². The standard InChI is InChI=1S/C18H15N5O2S/c19-15-10-16(24)20-17-21-22-18(23(15)17)26-11-12-5-4-8-14(9-12)25-13-6-2-1-3-7-13/h1-9,19H,10-11H2,(H,20,21,24). The molecule has 1 aliphatic heterocycles. The second-order valence-corrected chi connectivity index (χ2v) is 6.61. The van der Waals surface area contributed by atoms with Gasteiger partial charge in [-0.3, -0.25) is 15.5 Å². The Morgan fingerprint density at radius 2 is 1.92 bits per heavy atom. The van der Waals surface area contributed by atoms with Gasteiger partial charge in [-0.2, -0.15) is 0 Å². The molecular weight excluding hydrogens is 350 g/mol. The maximum atomic E-state index is 11.5. The maximum Gasteiger partial charge on any atom is 0.237 e. The number of para-hydroxylation sites is 1. The number of nitrogens with zero attached hydrogens (tertiary/aromatic N) is 3. The molecule has 0 radical (unpaired) electrons. The van der Waals surface area contributed by atoms with Crippen molar-refractivity contribution in [2.75, 3.05) is 5.32 Å². The van der Waals surface area contributed by atoms with Crippen molar-refractivity contribution in [3.05, 3.63) is 60.2 Å². The van der Waals surface area contributed by atoms with Gasteiger partial charge in [0, 0.05) is 5.75 Å². The van der Waals surface area contributed by atoms with Crippen LogP contribution in [0.4, 0.5) is 5.95 Å². The minimum Gasteiger partial charge on any atom is -0.457 e. The van der Waals surface area contributed by atoms with Gasteiger partial charge in [-0.25, -0.2) is 4.57 Å². The molecule has 0 saturated carbocycles. The van der Waals surface area contributed by atoms with Crippen LogP contribution in [0.15, 0.2) is 59.8 Å². The van der Waals surface area contributed by atoms with E-state index in [9.17, 15) is 4.79 Å². The number of anilines is 1. The Morgan fingerprint density at radius 1 is 1.12 bits per heavy atom. The maximum absolute atomic E-state index is 11.5. The highest BCUT2D eigenvalue weighted by Gasteiger charge is 2.24. The summed E-state index contributed by atoms with van der Waals surface area (Å²) in [5.74, 6) is 2.43. The predicted octanol–water partition coefficient (Wildman–Crippen LogP) is 3.53. The molecule has 0 atom stereocenters. The fraction of sp³-hybridized carbons (Fsp3) is 0.111. The van der Waals surface area contributed by atoms with Crippen LogP contribution in [-0.4, -0.2) is 26.5 Å². The van der Waals surface area contributed by atoms with Crippen LogP contribution in [0.3, 0.4) is 0 Å². The highest BCUT2D eigenvalue weighted by Crippen LogP contribution is 2.28. The van der Waals surface area contributed by atoms with Gasteiger partial charge >= 0.3 is 0 Å². The van der Waals surface area contributed by atoms with Crippen molar-refractivity contribution in [2.45, 2.75) is 17.3 Å². The first-order chi connectivity index (χ1) is 12.7. The van der Waals surface area contributed by atoms with Crippen LogP contribution in [0.1, 0.15) is 12.0 Å². The molecule has 7 nitrogen and oxygen atoms in total. The summed E-state index contributed by atoms with van der Waals surface area (Å²) in [6, 6.07) is 17.4. The molecule has 2 aromatic carbocycles. The molecule has 4 rings (SSSR count). The lowest BCUT2D eigenvalue weighted by Gasteiger charge is -2.15. The van der Waals surface area contributed by atoms with E-state index in [2.05, 4.69) is 15.5 Å². The minimum atomic E-state index is -0.239. The summed E-state index contributed by atoms with van der Waals surface area (Å²) in [5, 5.41) is 19.2. The van der Waals surface area contributed by atoms with Crippen LogP contribution >= 0.6 is 11.8 Å². The summed E-state index contributed by atoms with van der Waals surface area (Å²) in [4.78, 5) is 11.5. The number of ether oxygens (including phenoxy) is 1. The SMILES string of the molecule is N=C1CC(=O)Nc2nnc(SCc3cccc(Oc4ccccc4)c3)n21. The summed E-state index contributed by atoms with van der Waals surface area (Å²) in [5.41, 5.74) is 1.06. The first-order valence-corrected chi connectivity index (χ1v) is 8.95. The lowest BCUT2D eigenvalue weighted by atomic mass is 10.2. The zero-order chi connectivity index (χ0) is 17.9. The molecule has 0 unspecified atom stereocenters. The quantitative estimate of drug-likeness (QED) is 0.675. The number of aromatic nitrogens is 3. The topological polar surface area (TPSA) is 92.9 Å². The smallest absolute Gasteiger partial charge is 0.237 e. The Kier molecular flexibility index (Phi) is 4.40. The van der Waals surface area contributed by atoms with Crippen molar-refractivity contribution < 1.29 is 9.53 Å². The number of nitrogens with one attached hydrogen (secondary N) is 2. The Bertz CT molecular complexity index is 971. The molecule has 8 heteroatoms. The number of hydrogen-bond donors (Lipinski definition) is 2. The van der Waals surface area contributed by atoms with Crippen LogP contribution in [-0.2, 0) is 10.5 Å². The predicted molar refractivity (Wildman–Crippen MR) is 98.9 cm³/mol. The highest BCUT2D eigenvalue weighted by atomic mass is 32.2. The van der Waals surface area contributed by atoms with Gasteiger partial charge in [-0.15, -0.1) is 10.2 Å². The first-order valence-electron chi connectivity index (χ1n) is 7.97. The number of carbonyl (C=O) groups excluding carboxylic acids is 1. The van der Waals surface area contributed by atoms with Crippen LogP contribution in [0, 0.1) is 5.41 Å². The Balaban J connectivity index is 1.47. The fourth-order valence-electron chi connectivity index (χ4n) is 2.56. The summed E-state index contributed by atoms with van der Waals surface area (Å²) in [7, 11) is 0. The van der Waals surface area contributed by atoms with E-state index in [1.165, 1.54) is 11.8 Å². The third kappa shape index (κ3) is 3.45. The number of benzene rings is 2. The number of rotatable bonds is 5. The lowest BCUT2D eigenvalue weighted by molar-refractivity contribution is -0.115. The molecule has 1 amide bonds. The zero-order valence-electron chi connectivity index (χ0n) is 13.7. The molecule has 0 fully saturated rings. The first kappa shape index (κ1) is 16.3. The number of fused-ring (bicyclic) bond motifs is 1. The van der Waals surface area contributed by atoms with Gasteiger partial charge in [0.25, 0.3) is 0 Å². The van der Waals surface area contributed by atoms with Gasteiger partial charge in [-0.1, -0.05) is 42.1 Å². The molecular formula is C18H15N5O2S. The van der Waals surface area contributed by atoms with Gasteiger partial charge < -0.3 is 4.74 Å². The van der Waals surface area contributed by atoms with Gasteiger partial charge in [0.1, 0.15) is 17.3 Å². The zero-order valence-corrected chi connectivity index (χ0v) is 14.5. The van der Waals surface area contributed by atoms with Crippen molar-refractivity contribution >= 4 is 29.5 Å². The average molecular weight is 365 g/mol.